The van der Waals surface area contributed by atoms with Gasteiger partial charge < -0.3 is 20.5 Å². The molecule has 0 bridgehead atoms. The molecule has 4 N–H and O–H groups in total. The summed E-state index contributed by atoms with van der Waals surface area (Å²) >= 11 is 0. The molecule has 0 radical (unpaired) electrons. The topological polar surface area (TPSA) is 116 Å². The van der Waals surface area contributed by atoms with Crippen molar-refractivity contribution in [3.63, 3.8) is 0 Å². The van der Waals surface area contributed by atoms with Gasteiger partial charge in [-0.1, -0.05) is 0 Å². The minimum Gasteiger partial charge on any atom is -0.369 e. The van der Waals surface area contributed by atoms with E-state index in [2.05, 4.69) is 72.3 Å². The lowest BCUT2D eigenvalue weighted by molar-refractivity contribution is 0.313. The summed E-state index contributed by atoms with van der Waals surface area (Å²) in [6.45, 7) is 4.94. The van der Waals surface area contributed by atoms with Crippen LogP contribution in [-0.2, 0) is 6.42 Å². The Kier molecular flexibility index (Phi) is 6.08. The van der Waals surface area contributed by atoms with Crippen molar-refractivity contribution < 1.29 is 0 Å². The molecule has 1 aliphatic rings. The van der Waals surface area contributed by atoms with Crippen LogP contribution in [0.25, 0.3) is 44.7 Å². The van der Waals surface area contributed by atoms with Gasteiger partial charge in [-0.25, -0.2) is 9.97 Å². The maximum atomic E-state index is 5.64. The molecule has 36 heavy (non-hydrogen) atoms. The lowest BCUT2D eigenvalue weighted by Crippen LogP contribution is -2.44. The van der Waals surface area contributed by atoms with E-state index in [1.807, 2.05) is 18.6 Å². The van der Waals surface area contributed by atoms with Gasteiger partial charge in [0.05, 0.1) is 16.4 Å². The zero-order valence-corrected chi connectivity index (χ0v) is 20.5. The van der Waals surface area contributed by atoms with E-state index in [1.165, 1.54) is 11.3 Å². The highest BCUT2D eigenvalue weighted by atomic mass is 15.2. The van der Waals surface area contributed by atoms with Crippen molar-refractivity contribution in [3.8, 4) is 22.6 Å². The van der Waals surface area contributed by atoms with E-state index in [9.17, 15) is 0 Å². The number of likely N-dealkylation sites (N-methyl/N-ethyl adjacent to an activating group) is 1. The second-order valence-electron chi connectivity index (χ2n) is 9.60. The van der Waals surface area contributed by atoms with E-state index in [0.717, 1.165) is 91.1 Å². The predicted octanol–water partition coefficient (Wildman–Crippen LogP) is 3.60. The van der Waals surface area contributed by atoms with E-state index < -0.39 is 0 Å². The number of aryl methyl sites for hydroxylation is 1. The number of hydrogen-bond acceptors (Lipinski definition) is 7. The van der Waals surface area contributed by atoms with Gasteiger partial charge in [-0.3, -0.25) is 10.1 Å². The van der Waals surface area contributed by atoms with Crippen LogP contribution in [0, 0.1) is 0 Å². The summed E-state index contributed by atoms with van der Waals surface area (Å²) in [5.41, 5.74) is 13.6. The molecule has 9 nitrogen and oxygen atoms in total. The number of pyridine rings is 2. The Bertz CT molecular complexity index is 1490. The summed E-state index contributed by atoms with van der Waals surface area (Å²) in [5, 5.41) is 8.51. The number of aromatic nitrogens is 6. The lowest BCUT2D eigenvalue weighted by Gasteiger charge is -2.34. The molecule has 0 unspecified atom stereocenters. The normalized spacial score (nSPS) is 14.8. The van der Waals surface area contributed by atoms with Crippen molar-refractivity contribution in [1.29, 1.82) is 0 Å². The van der Waals surface area contributed by atoms with Gasteiger partial charge in [0.2, 0.25) is 0 Å². The molecule has 0 spiro atoms. The van der Waals surface area contributed by atoms with E-state index in [1.54, 1.807) is 0 Å². The molecule has 0 aliphatic carbocycles. The number of nitrogens with two attached hydrogens (primary N) is 1. The minimum atomic E-state index is 0.666. The number of unbranched alkanes of at least 4 members (excludes halogenated alkanes) is 1. The molecular weight excluding hydrogens is 450 g/mol. The number of nitrogens with one attached hydrogen (secondary N) is 2. The van der Waals surface area contributed by atoms with Crippen LogP contribution in [0.3, 0.4) is 0 Å². The Morgan fingerprint density at radius 2 is 1.83 bits per heavy atom. The van der Waals surface area contributed by atoms with Crippen LogP contribution in [-0.4, -0.2) is 74.8 Å². The van der Waals surface area contributed by atoms with Gasteiger partial charge >= 0.3 is 0 Å². The Labute approximate surface area is 209 Å². The zero-order valence-electron chi connectivity index (χ0n) is 20.5. The van der Waals surface area contributed by atoms with Gasteiger partial charge in [0.15, 0.2) is 11.5 Å². The Hall–Kier alpha value is -3.82. The lowest BCUT2D eigenvalue weighted by atomic mass is 10.0. The summed E-state index contributed by atoms with van der Waals surface area (Å²) in [7, 11) is 2.17. The summed E-state index contributed by atoms with van der Waals surface area (Å²) in [5.74, 6) is 0.760. The molecule has 4 aromatic heterocycles. The molecule has 6 rings (SSSR count). The standard InChI is InChI=1S/C27H31N9/c1-35-8-10-36(11-9-35)21-5-6-23-24(14-21)32-27(31-23)25-22-13-20(17-30-26(22)34-33-25)19-12-18(15-29-16-19)4-2-3-7-28/h5-6,12-17H,2-4,7-11,28H2,1H3,(H,31,32)(H,30,33,34). The smallest absolute Gasteiger partial charge is 0.181 e. The fraction of sp³-hybridized carbons (Fsp3) is 0.333. The SMILES string of the molecule is CN1CCN(c2ccc3nc(-c4[nH]nc5ncc(-c6cncc(CCCCN)c6)cc45)[nH]c3c2)CC1. The Morgan fingerprint density at radius 3 is 2.69 bits per heavy atom. The number of benzene rings is 1. The third-order valence-electron chi connectivity index (χ3n) is 7.03. The van der Waals surface area contributed by atoms with Crippen molar-refractivity contribution >= 4 is 27.8 Å². The fourth-order valence-corrected chi connectivity index (χ4v) is 4.87. The highest BCUT2D eigenvalue weighted by Crippen LogP contribution is 2.30. The molecule has 1 aliphatic heterocycles. The van der Waals surface area contributed by atoms with Crippen LogP contribution in [0.5, 0.6) is 0 Å². The van der Waals surface area contributed by atoms with Crippen LogP contribution < -0.4 is 10.6 Å². The summed E-state index contributed by atoms with van der Waals surface area (Å²) in [6, 6.07) is 10.8. The number of hydrogen-bond donors (Lipinski definition) is 3. The number of piperazine rings is 1. The van der Waals surface area contributed by atoms with Crippen LogP contribution in [0.15, 0.2) is 48.9 Å². The van der Waals surface area contributed by atoms with E-state index >= 15 is 0 Å². The molecule has 1 fully saturated rings. The molecule has 5 heterocycles. The first-order valence-corrected chi connectivity index (χ1v) is 12.6. The molecule has 9 heteroatoms. The second-order valence-corrected chi connectivity index (χ2v) is 9.60. The van der Waals surface area contributed by atoms with Crippen LogP contribution in [0.1, 0.15) is 18.4 Å². The highest BCUT2D eigenvalue weighted by Gasteiger charge is 2.17. The van der Waals surface area contributed by atoms with Crippen LogP contribution in [0.4, 0.5) is 5.69 Å². The zero-order chi connectivity index (χ0) is 24.5. The van der Waals surface area contributed by atoms with Gasteiger partial charge in [-0.2, -0.15) is 5.10 Å². The molecule has 0 atom stereocenters. The molecular formula is C27H31N9. The van der Waals surface area contributed by atoms with Crippen LogP contribution in [0.2, 0.25) is 0 Å². The van der Waals surface area contributed by atoms with Gasteiger partial charge in [0.25, 0.3) is 0 Å². The number of fused-ring (bicyclic) bond motifs is 2. The monoisotopic (exact) mass is 481 g/mol. The number of imidazole rings is 1. The van der Waals surface area contributed by atoms with E-state index in [4.69, 9.17) is 10.7 Å². The third kappa shape index (κ3) is 4.43. The van der Waals surface area contributed by atoms with Gasteiger partial charge in [0.1, 0.15) is 5.69 Å². The first-order valence-electron chi connectivity index (χ1n) is 12.6. The largest absolute Gasteiger partial charge is 0.369 e. The molecule has 1 aromatic carbocycles. The molecule has 1 saturated heterocycles. The molecule has 5 aromatic rings. The van der Waals surface area contributed by atoms with Crippen molar-refractivity contribution in [2.24, 2.45) is 5.73 Å². The predicted molar refractivity (Wildman–Crippen MR) is 144 cm³/mol. The minimum absolute atomic E-state index is 0.666. The summed E-state index contributed by atoms with van der Waals surface area (Å²) in [6.07, 6.45) is 8.72. The Morgan fingerprint density at radius 1 is 0.972 bits per heavy atom. The van der Waals surface area contributed by atoms with Gasteiger partial charge in [0, 0.05) is 61.6 Å². The van der Waals surface area contributed by atoms with Gasteiger partial charge in [-0.05, 0) is 68.8 Å². The average molecular weight is 482 g/mol. The second kappa shape index (κ2) is 9.67. The summed E-state index contributed by atoms with van der Waals surface area (Å²) in [4.78, 5) is 22.2. The van der Waals surface area contributed by atoms with E-state index in [0.29, 0.717) is 5.65 Å². The van der Waals surface area contributed by atoms with Crippen LogP contribution >= 0.6 is 0 Å². The first kappa shape index (κ1) is 22.6. The molecule has 0 saturated carbocycles. The highest BCUT2D eigenvalue weighted by molar-refractivity contribution is 5.93. The molecule has 0 amide bonds. The number of nitrogens with zero attached hydrogens (tertiary/aromatic N) is 6. The number of aromatic amines is 2. The number of anilines is 1. The third-order valence-corrected chi connectivity index (χ3v) is 7.03. The number of rotatable bonds is 7. The van der Waals surface area contributed by atoms with Crippen molar-refractivity contribution in [2.45, 2.75) is 19.3 Å². The average Bonchev–Trinajstić information content (AvgIpc) is 3.52. The van der Waals surface area contributed by atoms with E-state index in [-0.39, 0.29) is 0 Å². The maximum absolute atomic E-state index is 5.64. The maximum Gasteiger partial charge on any atom is 0.181 e. The van der Waals surface area contributed by atoms with Crippen molar-refractivity contribution in [1.82, 2.24) is 35.0 Å². The van der Waals surface area contributed by atoms with Gasteiger partial charge in [-0.15, -0.1) is 0 Å². The van der Waals surface area contributed by atoms with Crippen molar-refractivity contribution in [2.75, 3.05) is 44.7 Å². The molecule has 184 valence electrons. The quantitative estimate of drug-likeness (QED) is 0.304. The first-order chi connectivity index (χ1) is 17.7. The van der Waals surface area contributed by atoms with Crippen molar-refractivity contribution in [3.05, 3.63) is 54.5 Å². The number of H-pyrrole nitrogens is 2. The summed E-state index contributed by atoms with van der Waals surface area (Å²) < 4.78 is 0. The fourth-order valence-electron chi connectivity index (χ4n) is 4.87. The Balaban J connectivity index is 1.31.